The largest absolute Gasteiger partial charge is 0.324 e. The van der Waals surface area contributed by atoms with Crippen LogP contribution in [0, 0.1) is 5.82 Å². The molecule has 2 nitrogen and oxygen atoms in total. The summed E-state index contributed by atoms with van der Waals surface area (Å²) in [5.41, 5.74) is 9.36. The predicted molar refractivity (Wildman–Crippen MR) is 84.7 cm³/mol. The highest BCUT2D eigenvalue weighted by atomic mass is 35.5. The summed E-state index contributed by atoms with van der Waals surface area (Å²) in [7, 11) is 0. The minimum Gasteiger partial charge on any atom is -0.324 e. The highest BCUT2D eigenvalue weighted by Gasteiger charge is 2.16. The molecule has 2 N–H and O–H groups in total. The third-order valence-electron chi connectivity index (χ3n) is 3.47. The number of rotatable bonds is 2. The number of fused-ring (bicyclic) bond motifs is 1. The third kappa shape index (κ3) is 2.50. The Morgan fingerprint density at radius 3 is 2.57 bits per heavy atom. The zero-order valence-corrected chi connectivity index (χ0v) is 12.2. The van der Waals surface area contributed by atoms with E-state index in [0.717, 1.165) is 16.7 Å². The van der Waals surface area contributed by atoms with E-state index < -0.39 is 0 Å². The van der Waals surface area contributed by atoms with Gasteiger partial charge in [-0.1, -0.05) is 41.9 Å². The molecule has 106 valence electrons. The lowest BCUT2D eigenvalue weighted by molar-refractivity contribution is 0.629. The van der Waals surface area contributed by atoms with Crippen LogP contribution < -0.4 is 5.73 Å². The summed E-state index contributed by atoms with van der Waals surface area (Å²) in [6.07, 6.45) is 1.72. The van der Waals surface area contributed by atoms with Crippen molar-refractivity contribution in [1.29, 1.82) is 0 Å². The highest BCUT2D eigenvalue weighted by Crippen LogP contribution is 2.36. The van der Waals surface area contributed by atoms with E-state index >= 15 is 0 Å². The van der Waals surface area contributed by atoms with E-state index in [1.165, 1.54) is 12.1 Å². The second-order valence-corrected chi connectivity index (χ2v) is 5.43. The van der Waals surface area contributed by atoms with Crippen LogP contribution in [0.15, 0.2) is 48.7 Å². The normalized spacial score (nSPS) is 12.6. The second kappa shape index (κ2) is 5.43. The highest BCUT2D eigenvalue weighted by molar-refractivity contribution is 6.35. The molecule has 0 aliphatic rings. The van der Waals surface area contributed by atoms with Crippen LogP contribution >= 0.6 is 11.6 Å². The fraction of sp³-hybridized carbons (Fsp3) is 0.118. The molecule has 3 aromatic rings. The lowest BCUT2D eigenvalue weighted by atomic mass is 9.93. The van der Waals surface area contributed by atoms with Gasteiger partial charge in [-0.25, -0.2) is 4.39 Å². The van der Waals surface area contributed by atoms with E-state index in [1.54, 1.807) is 6.20 Å². The van der Waals surface area contributed by atoms with E-state index in [0.29, 0.717) is 15.9 Å². The van der Waals surface area contributed by atoms with Crippen molar-refractivity contribution in [2.75, 3.05) is 0 Å². The summed E-state index contributed by atoms with van der Waals surface area (Å²) in [6.45, 7) is 1.89. The predicted octanol–water partition coefficient (Wildman–Crippen LogP) is 4.71. The summed E-state index contributed by atoms with van der Waals surface area (Å²) in [5, 5.41) is 0.986. The van der Waals surface area contributed by atoms with Crippen molar-refractivity contribution in [3.63, 3.8) is 0 Å². The van der Waals surface area contributed by atoms with Gasteiger partial charge >= 0.3 is 0 Å². The zero-order valence-electron chi connectivity index (χ0n) is 11.5. The van der Waals surface area contributed by atoms with Gasteiger partial charge in [0.15, 0.2) is 0 Å². The minimum atomic E-state index is -0.381. The number of nitrogens with zero attached hydrogens (tertiary/aromatic N) is 1. The maximum atomic E-state index is 13.8. The van der Waals surface area contributed by atoms with Crippen molar-refractivity contribution in [3.8, 4) is 11.1 Å². The Hall–Kier alpha value is -1.97. The molecule has 0 saturated carbocycles. The van der Waals surface area contributed by atoms with Gasteiger partial charge in [-0.15, -0.1) is 0 Å². The van der Waals surface area contributed by atoms with Gasteiger partial charge in [-0.05, 0) is 35.7 Å². The molecule has 1 aromatic heterocycles. The molecule has 1 atom stereocenters. The van der Waals surface area contributed by atoms with Gasteiger partial charge in [0.1, 0.15) is 5.82 Å². The summed E-state index contributed by atoms with van der Waals surface area (Å²) in [4.78, 5) is 4.35. The lowest BCUT2D eigenvalue weighted by Gasteiger charge is -2.16. The number of halogens is 2. The Morgan fingerprint density at radius 1 is 1.19 bits per heavy atom. The van der Waals surface area contributed by atoms with Gasteiger partial charge < -0.3 is 5.73 Å². The first-order chi connectivity index (χ1) is 10.1. The van der Waals surface area contributed by atoms with Crippen molar-refractivity contribution >= 4 is 22.5 Å². The van der Waals surface area contributed by atoms with Gasteiger partial charge in [0, 0.05) is 17.6 Å². The smallest absolute Gasteiger partial charge is 0.125 e. The van der Waals surface area contributed by atoms with Crippen LogP contribution in [-0.2, 0) is 0 Å². The minimum absolute atomic E-state index is 0.209. The van der Waals surface area contributed by atoms with Crippen molar-refractivity contribution < 1.29 is 4.39 Å². The Morgan fingerprint density at radius 2 is 1.90 bits per heavy atom. The van der Waals surface area contributed by atoms with Crippen molar-refractivity contribution in [2.45, 2.75) is 13.0 Å². The number of aromatic nitrogens is 1. The first-order valence-electron chi connectivity index (χ1n) is 6.66. The molecular weight excluding hydrogens is 287 g/mol. The quantitative estimate of drug-likeness (QED) is 0.744. The molecule has 3 rings (SSSR count). The number of hydrogen-bond acceptors (Lipinski definition) is 2. The molecule has 0 aliphatic carbocycles. The van der Waals surface area contributed by atoms with Crippen LogP contribution in [0.4, 0.5) is 4.39 Å². The van der Waals surface area contributed by atoms with E-state index in [2.05, 4.69) is 4.98 Å². The van der Waals surface area contributed by atoms with Crippen LogP contribution in [0.1, 0.15) is 18.5 Å². The Balaban J connectivity index is 2.45. The van der Waals surface area contributed by atoms with Crippen molar-refractivity contribution in [2.24, 2.45) is 5.73 Å². The van der Waals surface area contributed by atoms with Gasteiger partial charge in [0.2, 0.25) is 0 Å². The fourth-order valence-corrected chi connectivity index (χ4v) is 2.77. The Kier molecular flexibility index (Phi) is 3.62. The molecule has 0 fully saturated rings. The molecule has 0 spiro atoms. The topological polar surface area (TPSA) is 38.9 Å². The Labute approximate surface area is 127 Å². The average molecular weight is 301 g/mol. The molecule has 21 heavy (non-hydrogen) atoms. The molecule has 0 radical (unpaired) electrons. The number of hydrogen-bond donors (Lipinski definition) is 1. The van der Waals surface area contributed by atoms with Crippen LogP contribution in [0.25, 0.3) is 22.0 Å². The van der Waals surface area contributed by atoms with Crippen molar-refractivity contribution in [1.82, 2.24) is 4.98 Å². The van der Waals surface area contributed by atoms with E-state index in [1.807, 2.05) is 37.3 Å². The SMILES string of the molecule is CC(N)c1cnc2c(Cl)cc(F)cc2c1-c1ccccc1. The van der Waals surface area contributed by atoms with E-state index in [-0.39, 0.29) is 11.9 Å². The molecule has 0 aliphatic heterocycles. The summed E-state index contributed by atoms with van der Waals surface area (Å²) in [5.74, 6) is -0.381. The van der Waals surface area contributed by atoms with Crippen LogP contribution in [0.2, 0.25) is 5.02 Å². The zero-order chi connectivity index (χ0) is 15.0. The molecular formula is C17H14ClFN2. The summed E-state index contributed by atoms with van der Waals surface area (Å²) >= 11 is 6.12. The maximum absolute atomic E-state index is 13.8. The molecule has 2 aromatic carbocycles. The maximum Gasteiger partial charge on any atom is 0.125 e. The van der Waals surface area contributed by atoms with Gasteiger partial charge in [0.25, 0.3) is 0 Å². The molecule has 1 heterocycles. The van der Waals surface area contributed by atoms with Crippen LogP contribution in [-0.4, -0.2) is 4.98 Å². The van der Waals surface area contributed by atoms with Gasteiger partial charge in [0.05, 0.1) is 10.5 Å². The number of pyridine rings is 1. The third-order valence-corrected chi connectivity index (χ3v) is 3.76. The lowest BCUT2D eigenvalue weighted by Crippen LogP contribution is -2.08. The fourth-order valence-electron chi connectivity index (χ4n) is 2.51. The van der Waals surface area contributed by atoms with Gasteiger partial charge in [-0.3, -0.25) is 4.98 Å². The molecule has 0 saturated heterocycles. The molecule has 0 bridgehead atoms. The van der Waals surface area contributed by atoms with E-state index in [4.69, 9.17) is 17.3 Å². The summed E-state index contributed by atoms with van der Waals surface area (Å²) < 4.78 is 13.8. The van der Waals surface area contributed by atoms with Crippen LogP contribution in [0.3, 0.4) is 0 Å². The number of nitrogens with two attached hydrogens (primary N) is 1. The van der Waals surface area contributed by atoms with Crippen molar-refractivity contribution in [3.05, 3.63) is 65.1 Å². The monoisotopic (exact) mass is 300 g/mol. The molecule has 4 heteroatoms. The molecule has 0 amide bonds. The average Bonchev–Trinajstić information content (AvgIpc) is 2.46. The first-order valence-corrected chi connectivity index (χ1v) is 7.04. The van der Waals surface area contributed by atoms with Crippen LogP contribution in [0.5, 0.6) is 0 Å². The second-order valence-electron chi connectivity index (χ2n) is 5.03. The standard InChI is InChI=1S/C17H14ClFN2/c1-10(20)14-9-21-17-13(7-12(19)8-15(17)18)16(14)11-5-3-2-4-6-11/h2-10H,20H2,1H3. The van der Waals surface area contributed by atoms with E-state index in [9.17, 15) is 4.39 Å². The first kappa shape index (κ1) is 14.0. The molecule has 1 unspecified atom stereocenters. The van der Waals surface area contributed by atoms with Gasteiger partial charge in [-0.2, -0.15) is 0 Å². The number of benzene rings is 2. The Bertz CT molecular complexity index is 801. The summed E-state index contributed by atoms with van der Waals surface area (Å²) in [6, 6.07) is 12.3.